The first-order valence-corrected chi connectivity index (χ1v) is 9.51. The van der Waals surface area contributed by atoms with Crippen molar-refractivity contribution in [3.05, 3.63) is 0 Å². The topological polar surface area (TPSA) is 26.0 Å². The first-order chi connectivity index (χ1) is 9.81. The van der Waals surface area contributed by atoms with Crippen LogP contribution < -0.4 is 5.73 Å². The molecule has 0 amide bonds. The van der Waals surface area contributed by atoms with Crippen molar-refractivity contribution in [1.82, 2.24) is 0 Å². The van der Waals surface area contributed by atoms with Crippen molar-refractivity contribution in [2.24, 2.45) is 11.7 Å². The highest BCUT2D eigenvalue weighted by Gasteiger charge is 2.01. The Morgan fingerprint density at radius 1 is 0.600 bits per heavy atom. The molecule has 0 radical (unpaired) electrons. The summed E-state index contributed by atoms with van der Waals surface area (Å²) in [5.41, 5.74) is 5.54. The second kappa shape index (κ2) is 17.0. The van der Waals surface area contributed by atoms with Crippen molar-refractivity contribution in [1.29, 1.82) is 0 Å². The molecule has 0 aromatic carbocycles. The van der Waals surface area contributed by atoms with Crippen LogP contribution in [0.4, 0.5) is 0 Å². The van der Waals surface area contributed by atoms with Crippen molar-refractivity contribution in [3.8, 4) is 0 Å². The van der Waals surface area contributed by atoms with Gasteiger partial charge >= 0.3 is 0 Å². The monoisotopic (exact) mass is 283 g/mol. The average molecular weight is 284 g/mol. The van der Waals surface area contributed by atoms with Crippen molar-refractivity contribution in [3.63, 3.8) is 0 Å². The Bertz CT molecular complexity index is 167. The fourth-order valence-corrected chi connectivity index (χ4v) is 2.94. The van der Waals surface area contributed by atoms with Crippen LogP contribution in [0.3, 0.4) is 0 Å². The third-order valence-electron chi connectivity index (χ3n) is 4.45. The zero-order valence-electron chi connectivity index (χ0n) is 14.5. The molecule has 0 saturated heterocycles. The molecule has 0 spiro atoms. The minimum absolute atomic E-state index is 0.864. The van der Waals surface area contributed by atoms with E-state index in [4.69, 9.17) is 5.73 Å². The van der Waals surface area contributed by atoms with Crippen molar-refractivity contribution in [2.75, 3.05) is 6.54 Å². The summed E-state index contributed by atoms with van der Waals surface area (Å²) in [7, 11) is 0. The molecular formula is C19H41N. The maximum Gasteiger partial charge on any atom is -0.00772 e. The largest absolute Gasteiger partial charge is 0.330 e. The second-order valence-corrected chi connectivity index (χ2v) is 6.71. The number of hydrogen-bond donors (Lipinski definition) is 1. The molecule has 0 rings (SSSR count). The van der Waals surface area contributed by atoms with Gasteiger partial charge in [0.2, 0.25) is 0 Å². The van der Waals surface area contributed by atoms with E-state index in [1.807, 2.05) is 0 Å². The van der Waals surface area contributed by atoms with Crippen LogP contribution in [0.5, 0.6) is 0 Å². The van der Waals surface area contributed by atoms with E-state index in [1.54, 1.807) is 0 Å². The average Bonchev–Trinajstić information content (AvgIpc) is 2.46. The molecule has 0 saturated carbocycles. The van der Waals surface area contributed by atoms with E-state index in [0.717, 1.165) is 12.5 Å². The fourth-order valence-electron chi connectivity index (χ4n) is 2.94. The van der Waals surface area contributed by atoms with E-state index < -0.39 is 0 Å². The van der Waals surface area contributed by atoms with E-state index in [-0.39, 0.29) is 0 Å². The first kappa shape index (κ1) is 20.0. The Morgan fingerprint density at radius 3 is 1.45 bits per heavy atom. The van der Waals surface area contributed by atoms with Gasteiger partial charge in [-0.3, -0.25) is 0 Å². The van der Waals surface area contributed by atoms with Crippen molar-refractivity contribution in [2.45, 2.75) is 110 Å². The molecule has 20 heavy (non-hydrogen) atoms. The van der Waals surface area contributed by atoms with Crippen LogP contribution in [0.2, 0.25) is 0 Å². The molecular weight excluding hydrogens is 242 g/mol. The van der Waals surface area contributed by atoms with Gasteiger partial charge in [0.25, 0.3) is 0 Å². The smallest absolute Gasteiger partial charge is 0.00772 e. The summed E-state index contributed by atoms with van der Waals surface area (Å²) in [5, 5.41) is 0. The second-order valence-electron chi connectivity index (χ2n) is 6.71. The number of rotatable bonds is 16. The molecule has 0 fully saturated rings. The lowest BCUT2D eigenvalue weighted by Crippen LogP contribution is -2.02. The number of nitrogens with two attached hydrogens (primary N) is 1. The van der Waals surface area contributed by atoms with E-state index in [2.05, 4.69) is 13.8 Å². The molecule has 0 aliphatic carbocycles. The lowest BCUT2D eigenvalue weighted by atomic mass is 9.97. The van der Waals surface area contributed by atoms with Crippen LogP contribution in [0, 0.1) is 5.92 Å². The molecule has 122 valence electrons. The van der Waals surface area contributed by atoms with Gasteiger partial charge < -0.3 is 5.73 Å². The zero-order chi connectivity index (χ0) is 14.9. The Kier molecular flexibility index (Phi) is 17.0. The minimum atomic E-state index is 0.864. The van der Waals surface area contributed by atoms with E-state index in [0.29, 0.717) is 0 Å². The summed E-state index contributed by atoms with van der Waals surface area (Å²) in [6, 6.07) is 0. The van der Waals surface area contributed by atoms with Gasteiger partial charge in [0.05, 0.1) is 0 Å². The maximum atomic E-state index is 5.54. The predicted molar refractivity (Wildman–Crippen MR) is 93.1 cm³/mol. The summed E-state index contributed by atoms with van der Waals surface area (Å²) >= 11 is 0. The summed E-state index contributed by atoms with van der Waals surface area (Å²) < 4.78 is 0. The molecule has 0 heterocycles. The van der Waals surface area contributed by atoms with Gasteiger partial charge in [-0.25, -0.2) is 0 Å². The molecule has 0 aliphatic rings. The number of unbranched alkanes of at least 4 members (excludes halogenated alkanes) is 11. The van der Waals surface area contributed by atoms with Gasteiger partial charge in [-0.1, -0.05) is 97.3 Å². The Labute approximate surface area is 129 Å². The highest BCUT2D eigenvalue weighted by Crippen LogP contribution is 2.16. The van der Waals surface area contributed by atoms with Crippen LogP contribution in [-0.4, -0.2) is 6.54 Å². The molecule has 1 atom stereocenters. The summed E-state index contributed by atoms with van der Waals surface area (Å²) in [5.74, 6) is 0.890. The maximum absolute atomic E-state index is 5.54. The van der Waals surface area contributed by atoms with E-state index in [9.17, 15) is 0 Å². The lowest BCUT2D eigenvalue weighted by molar-refractivity contribution is 0.445. The van der Waals surface area contributed by atoms with Gasteiger partial charge in [-0.15, -0.1) is 0 Å². The molecule has 1 nitrogen and oxygen atoms in total. The Balaban J connectivity index is 3.02. The lowest BCUT2D eigenvalue weighted by Gasteiger charge is -2.10. The van der Waals surface area contributed by atoms with Crippen LogP contribution in [-0.2, 0) is 0 Å². The summed E-state index contributed by atoms with van der Waals surface area (Å²) in [4.78, 5) is 0. The molecule has 0 aromatic heterocycles. The number of hydrogen-bond acceptors (Lipinski definition) is 1. The third kappa shape index (κ3) is 16.0. The van der Waals surface area contributed by atoms with Gasteiger partial charge in [0.1, 0.15) is 0 Å². The Hall–Kier alpha value is -0.0400. The minimum Gasteiger partial charge on any atom is -0.330 e. The summed E-state index contributed by atoms with van der Waals surface area (Å²) in [6.07, 6.45) is 21.4. The fraction of sp³-hybridized carbons (Fsp3) is 1.00. The normalized spacial score (nSPS) is 12.8. The quantitative estimate of drug-likeness (QED) is 0.323. The molecule has 2 N–H and O–H groups in total. The van der Waals surface area contributed by atoms with Gasteiger partial charge in [-0.05, 0) is 25.3 Å². The Morgan fingerprint density at radius 2 is 1.00 bits per heavy atom. The van der Waals surface area contributed by atoms with Crippen LogP contribution in [0.25, 0.3) is 0 Å². The first-order valence-electron chi connectivity index (χ1n) is 9.51. The standard InChI is InChI=1S/C19H41N/c1-3-4-5-6-7-8-9-10-11-12-13-14-16-19(2)17-15-18-20/h19H,3-18,20H2,1-2H3. The molecule has 1 heteroatoms. The van der Waals surface area contributed by atoms with Gasteiger partial charge in [0.15, 0.2) is 0 Å². The third-order valence-corrected chi connectivity index (χ3v) is 4.45. The van der Waals surface area contributed by atoms with E-state index >= 15 is 0 Å². The van der Waals surface area contributed by atoms with E-state index in [1.165, 1.54) is 96.3 Å². The predicted octanol–water partition coefficient (Wildman–Crippen LogP) is 6.45. The van der Waals surface area contributed by atoms with Crippen LogP contribution in [0.1, 0.15) is 110 Å². The zero-order valence-corrected chi connectivity index (χ0v) is 14.5. The van der Waals surface area contributed by atoms with Crippen molar-refractivity contribution < 1.29 is 0 Å². The summed E-state index contributed by atoms with van der Waals surface area (Å²) in [6.45, 7) is 5.54. The molecule has 0 aromatic rings. The SMILES string of the molecule is CCCCCCCCCCCCCCC(C)CCCN. The molecule has 1 unspecified atom stereocenters. The highest BCUT2D eigenvalue weighted by atomic mass is 14.5. The highest BCUT2D eigenvalue weighted by molar-refractivity contribution is 4.55. The van der Waals surface area contributed by atoms with Gasteiger partial charge in [0, 0.05) is 0 Å². The molecule has 0 bridgehead atoms. The van der Waals surface area contributed by atoms with Crippen molar-refractivity contribution >= 4 is 0 Å². The van der Waals surface area contributed by atoms with Crippen LogP contribution in [0.15, 0.2) is 0 Å². The molecule has 0 aliphatic heterocycles. The van der Waals surface area contributed by atoms with Gasteiger partial charge in [-0.2, -0.15) is 0 Å². The van der Waals surface area contributed by atoms with Crippen LogP contribution >= 0.6 is 0 Å².